The zero-order valence-electron chi connectivity index (χ0n) is 21.9. The van der Waals surface area contributed by atoms with Crippen LogP contribution >= 0.6 is 0 Å². The molecule has 0 spiro atoms. The number of nitrogens with one attached hydrogen (secondary N) is 2. The summed E-state index contributed by atoms with van der Waals surface area (Å²) in [5, 5.41) is 0. The summed E-state index contributed by atoms with van der Waals surface area (Å²) in [5.74, 6) is 0. The molecule has 2 heteroatoms. The van der Waals surface area contributed by atoms with Crippen LogP contribution < -0.4 is 10.9 Å². The van der Waals surface area contributed by atoms with Crippen LogP contribution in [0.2, 0.25) is 0 Å². The van der Waals surface area contributed by atoms with Crippen molar-refractivity contribution >= 4 is 11.4 Å². The quantitative estimate of drug-likeness (QED) is 0.386. The predicted molar refractivity (Wildman–Crippen MR) is 141 cm³/mol. The second-order valence-electron chi connectivity index (χ2n) is 7.85. The minimum atomic E-state index is 0.143. The number of aryl methyl sites for hydroxylation is 2. The summed E-state index contributed by atoms with van der Waals surface area (Å²) in [5.41, 5.74) is 17.4. The largest absolute Gasteiger partial charge is 0.301 e. The minimum Gasteiger partial charge on any atom is -0.301 e. The zero-order chi connectivity index (χ0) is 24.1. The first kappa shape index (κ1) is 30.0. The Balaban J connectivity index is 0. The van der Waals surface area contributed by atoms with E-state index < -0.39 is 0 Å². The second kappa shape index (κ2) is 14.7. The van der Waals surface area contributed by atoms with Gasteiger partial charge in [0.15, 0.2) is 0 Å². The Morgan fingerprint density at radius 2 is 1.23 bits per heavy atom. The van der Waals surface area contributed by atoms with E-state index in [4.69, 9.17) is 0 Å². The fourth-order valence-corrected chi connectivity index (χ4v) is 3.00. The van der Waals surface area contributed by atoms with Crippen LogP contribution in [0.1, 0.15) is 88.8 Å². The summed E-state index contributed by atoms with van der Waals surface area (Å²) < 4.78 is 0. The molecule has 0 radical (unpaired) electrons. The molecular formula is C28H48N2. The van der Waals surface area contributed by atoms with E-state index in [1.807, 2.05) is 27.7 Å². The lowest BCUT2D eigenvalue weighted by molar-refractivity contribution is 0.590. The third-order valence-electron chi connectivity index (χ3n) is 5.09. The summed E-state index contributed by atoms with van der Waals surface area (Å²) in [6.07, 6.45) is 1.03. The molecule has 170 valence electrons. The van der Waals surface area contributed by atoms with Crippen LogP contribution in [0.5, 0.6) is 0 Å². The molecule has 2 rings (SSSR count). The standard InChI is InChI=1S/C22H32N2.2C2H6.C2H4/c1-9-19-16(4)14(2)10-11-20(19)23-24-21-13-18(22(6,7)8)12-15(3)17(21)5;3*1-2/h10-13,23-24H,9H2,1-8H3;2*1-2H3;1-2H2. The van der Waals surface area contributed by atoms with Gasteiger partial charge < -0.3 is 10.9 Å². The highest BCUT2D eigenvalue weighted by Crippen LogP contribution is 2.30. The molecule has 2 N–H and O–H groups in total. The van der Waals surface area contributed by atoms with Crippen LogP contribution in [0, 0.1) is 27.7 Å². The van der Waals surface area contributed by atoms with Crippen molar-refractivity contribution in [1.82, 2.24) is 0 Å². The molecule has 0 saturated carbocycles. The Morgan fingerprint density at radius 1 is 0.733 bits per heavy atom. The van der Waals surface area contributed by atoms with Crippen molar-refractivity contribution in [2.45, 2.75) is 94.9 Å². The Morgan fingerprint density at radius 3 is 1.70 bits per heavy atom. The summed E-state index contributed by atoms with van der Waals surface area (Å²) in [6.45, 7) is 31.7. The lowest BCUT2D eigenvalue weighted by Crippen LogP contribution is -2.16. The molecule has 0 fully saturated rings. The highest BCUT2D eigenvalue weighted by Gasteiger charge is 2.16. The maximum absolute atomic E-state index is 3.45. The highest BCUT2D eigenvalue weighted by molar-refractivity contribution is 5.63. The van der Waals surface area contributed by atoms with E-state index in [2.05, 4.69) is 104 Å². The average Bonchev–Trinajstić information content (AvgIpc) is 2.75. The minimum absolute atomic E-state index is 0.143. The van der Waals surface area contributed by atoms with Crippen molar-refractivity contribution in [2.24, 2.45) is 0 Å². The molecule has 0 aliphatic rings. The molecule has 2 aromatic carbocycles. The van der Waals surface area contributed by atoms with Crippen molar-refractivity contribution < 1.29 is 0 Å². The fraction of sp³-hybridized carbons (Fsp3) is 0.500. The third-order valence-corrected chi connectivity index (χ3v) is 5.09. The first-order valence-electron chi connectivity index (χ1n) is 11.4. The van der Waals surface area contributed by atoms with Crippen LogP contribution in [0.25, 0.3) is 0 Å². The van der Waals surface area contributed by atoms with Crippen molar-refractivity contribution in [3.05, 3.63) is 70.8 Å². The molecule has 2 nitrogen and oxygen atoms in total. The maximum Gasteiger partial charge on any atom is 0.0574 e. The van der Waals surface area contributed by atoms with Crippen molar-refractivity contribution in [1.29, 1.82) is 0 Å². The van der Waals surface area contributed by atoms with Gasteiger partial charge in [0.05, 0.1) is 11.4 Å². The Bertz CT molecular complexity index is 752. The molecule has 0 bridgehead atoms. The number of hydrogen-bond acceptors (Lipinski definition) is 2. The first-order chi connectivity index (χ1) is 14.1. The monoisotopic (exact) mass is 412 g/mol. The van der Waals surface area contributed by atoms with Gasteiger partial charge in [-0.2, -0.15) is 0 Å². The molecule has 30 heavy (non-hydrogen) atoms. The third kappa shape index (κ3) is 8.26. The SMILES string of the molecule is C=C.CC.CC.CCc1c(NNc2cc(C(C)(C)C)cc(C)c2C)ccc(C)c1C. The van der Waals surface area contributed by atoms with Gasteiger partial charge in [-0.3, -0.25) is 0 Å². The average molecular weight is 413 g/mol. The number of hydrazine groups is 1. The van der Waals surface area contributed by atoms with Crippen LogP contribution in [-0.2, 0) is 11.8 Å². The Labute approximate surface area is 188 Å². The van der Waals surface area contributed by atoms with E-state index >= 15 is 0 Å². The molecule has 2 aromatic rings. The number of anilines is 2. The fourth-order valence-electron chi connectivity index (χ4n) is 3.00. The first-order valence-corrected chi connectivity index (χ1v) is 11.4. The van der Waals surface area contributed by atoms with Gasteiger partial charge in [-0.1, -0.05) is 67.5 Å². The van der Waals surface area contributed by atoms with Crippen LogP contribution in [0.4, 0.5) is 11.4 Å². The number of hydrogen-bond donors (Lipinski definition) is 2. The Hall–Kier alpha value is -2.22. The lowest BCUT2D eigenvalue weighted by atomic mass is 9.85. The van der Waals surface area contributed by atoms with E-state index in [-0.39, 0.29) is 5.41 Å². The molecule has 0 aliphatic heterocycles. The molecule has 0 saturated heterocycles. The van der Waals surface area contributed by atoms with Gasteiger partial charge in [0, 0.05) is 0 Å². The van der Waals surface area contributed by atoms with Gasteiger partial charge in [-0.05, 0) is 85.0 Å². The maximum atomic E-state index is 3.45. The van der Waals surface area contributed by atoms with Gasteiger partial charge in [0.1, 0.15) is 0 Å². The van der Waals surface area contributed by atoms with Crippen molar-refractivity contribution in [3.8, 4) is 0 Å². The number of rotatable bonds is 4. The molecule has 0 aliphatic carbocycles. The van der Waals surface area contributed by atoms with Crippen LogP contribution in [0.3, 0.4) is 0 Å². The molecular weight excluding hydrogens is 364 g/mol. The van der Waals surface area contributed by atoms with Gasteiger partial charge in [-0.25, -0.2) is 0 Å². The van der Waals surface area contributed by atoms with Gasteiger partial charge in [0.2, 0.25) is 0 Å². The summed E-state index contributed by atoms with van der Waals surface area (Å²) >= 11 is 0. The van der Waals surface area contributed by atoms with E-state index in [1.165, 1.54) is 39.1 Å². The van der Waals surface area contributed by atoms with E-state index in [0.29, 0.717) is 0 Å². The van der Waals surface area contributed by atoms with Crippen molar-refractivity contribution in [3.63, 3.8) is 0 Å². The molecule has 0 heterocycles. The lowest BCUT2D eigenvalue weighted by Gasteiger charge is -2.24. The molecule has 0 aromatic heterocycles. The summed E-state index contributed by atoms with van der Waals surface area (Å²) in [4.78, 5) is 0. The van der Waals surface area contributed by atoms with E-state index in [9.17, 15) is 0 Å². The highest BCUT2D eigenvalue weighted by atomic mass is 15.4. The van der Waals surface area contributed by atoms with Gasteiger partial charge in [0.25, 0.3) is 0 Å². The smallest absolute Gasteiger partial charge is 0.0574 e. The van der Waals surface area contributed by atoms with Gasteiger partial charge >= 0.3 is 0 Å². The molecule has 0 atom stereocenters. The summed E-state index contributed by atoms with van der Waals surface area (Å²) in [6, 6.07) is 8.92. The molecule has 0 amide bonds. The van der Waals surface area contributed by atoms with Gasteiger partial charge in [-0.15, -0.1) is 13.2 Å². The molecule has 0 unspecified atom stereocenters. The van der Waals surface area contributed by atoms with E-state index in [1.54, 1.807) is 0 Å². The normalized spacial score (nSPS) is 9.73. The van der Waals surface area contributed by atoms with Crippen LogP contribution in [0.15, 0.2) is 37.4 Å². The van der Waals surface area contributed by atoms with E-state index in [0.717, 1.165) is 12.1 Å². The second-order valence-corrected chi connectivity index (χ2v) is 7.85. The van der Waals surface area contributed by atoms with Crippen LogP contribution in [-0.4, -0.2) is 0 Å². The van der Waals surface area contributed by atoms with Crippen molar-refractivity contribution in [2.75, 3.05) is 10.9 Å². The number of benzene rings is 2. The predicted octanol–water partition coefficient (Wildman–Crippen LogP) is 9.07. The Kier molecular flexibility index (Phi) is 14.7. The summed E-state index contributed by atoms with van der Waals surface area (Å²) in [7, 11) is 0. The topological polar surface area (TPSA) is 24.1 Å². The zero-order valence-corrected chi connectivity index (χ0v) is 21.9.